The standard InChI is InChI=1S/C18H28N4O2/c1-21-9-4-16(5-10-21)22(14-15-2-6-19-7-3-15)18(23)12-17-13-20-8-11-24-17/h2-3,6-7,16-17,20H,4-5,8-14H2,1H3. The van der Waals surface area contributed by atoms with E-state index in [1.165, 1.54) is 0 Å². The van der Waals surface area contributed by atoms with Gasteiger partial charge in [-0.05, 0) is 50.7 Å². The van der Waals surface area contributed by atoms with Crippen LogP contribution in [0.15, 0.2) is 24.5 Å². The number of carbonyl (C=O) groups excluding carboxylic acids is 1. The van der Waals surface area contributed by atoms with Gasteiger partial charge in [-0.15, -0.1) is 0 Å². The highest BCUT2D eigenvalue weighted by Gasteiger charge is 2.29. The molecule has 3 heterocycles. The third-order valence-electron chi connectivity index (χ3n) is 4.96. The normalized spacial score (nSPS) is 23.1. The van der Waals surface area contributed by atoms with Gasteiger partial charge in [-0.3, -0.25) is 9.78 Å². The number of piperidine rings is 1. The Balaban J connectivity index is 1.67. The maximum absolute atomic E-state index is 13.0. The molecule has 2 fully saturated rings. The van der Waals surface area contributed by atoms with E-state index in [9.17, 15) is 4.79 Å². The number of ether oxygens (including phenoxy) is 1. The van der Waals surface area contributed by atoms with Crippen molar-refractivity contribution in [3.05, 3.63) is 30.1 Å². The van der Waals surface area contributed by atoms with Crippen LogP contribution in [-0.2, 0) is 16.1 Å². The summed E-state index contributed by atoms with van der Waals surface area (Å²) in [6, 6.07) is 4.31. The number of hydrogen-bond donors (Lipinski definition) is 1. The molecule has 6 heteroatoms. The monoisotopic (exact) mass is 332 g/mol. The Hall–Kier alpha value is -1.50. The topological polar surface area (TPSA) is 57.7 Å². The van der Waals surface area contributed by atoms with Crippen molar-refractivity contribution < 1.29 is 9.53 Å². The predicted molar refractivity (Wildman–Crippen MR) is 92.5 cm³/mol. The highest BCUT2D eigenvalue weighted by atomic mass is 16.5. The Morgan fingerprint density at radius 2 is 2.12 bits per heavy atom. The van der Waals surface area contributed by atoms with E-state index in [4.69, 9.17) is 4.74 Å². The molecule has 0 aliphatic carbocycles. The molecule has 1 unspecified atom stereocenters. The van der Waals surface area contributed by atoms with Crippen molar-refractivity contribution in [3.8, 4) is 0 Å². The molecule has 2 aliphatic heterocycles. The van der Waals surface area contributed by atoms with E-state index in [0.717, 1.165) is 44.6 Å². The van der Waals surface area contributed by atoms with Gasteiger partial charge in [-0.25, -0.2) is 0 Å². The zero-order chi connectivity index (χ0) is 16.8. The highest BCUT2D eigenvalue weighted by molar-refractivity contribution is 5.77. The number of morpholine rings is 1. The number of likely N-dealkylation sites (tertiary alicyclic amines) is 1. The molecule has 1 amide bonds. The molecule has 2 saturated heterocycles. The molecular formula is C18H28N4O2. The summed E-state index contributed by atoms with van der Waals surface area (Å²) in [4.78, 5) is 21.5. The van der Waals surface area contributed by atoms with Crippen LogP contribution in [0.5, 0.6) is 0 Å². The van der Waals surface area contributed by atoms with E-state index in [-0.39, 0.29) is 12.0 Å². The molecule has 0 radical (unpaired) electrons. The van der Waals surface area contributed by atoms with Crippen LogP contribution in [0.1, 0.15) is 24.8 Å². The fraction of sp³-hybridized carbons (Fsp3) is 0.667. The van der Waals surface area contributed by atoms with Gasteiger partial charge in [0.05, 0.1) is 19.1 Å². The zero-order valence-corrected chi connectivity index (χ0v) is 14.5. The summed E-state index contributed by atoms with van der Waals surface area (Å²) in [5, 5.41) is 3.30. The number of pyridine rings is 1. The second kappa shape index (κ2) is 8.55. The summed E-state index contributed by atoms with van der Waals surface area (Å²) in [6.07, 6.45) is 6.12. The van der Waals surface area contributed by atoms with Gasteiger partial charge in [-0.1, -0.05) is 0 Å². The molecule has 24 heavy (non-hydrogen) atoms. The lowest BCUT2D eigenvalue weighted by atomic mass is 10.0. The third-order valence-corrected chi connectivity index (χ3v) is 4.96. The minimum absolute atomic E-state index is 0.00236. The van der Waals surface area contributed by atoms with Gasteiger partial charge in [-0.2, -0.15) is 0 Å². The van der Waals surface area contributed by atoms with Crippen LogP contribution in [0.3, 0.4) is 0 Å². The summed E-state index contributed by atoms with van der Waals surface area (Å²) < 4.78 is 5.73. The van der Waals surface area contributed by atoms with Gasteiger partial charge in [0, 0.05) is 38.1 Å². The SMILES string of the molecule is CN1CCC(N(Cc2ccncc2)C(=O)CC2CNCCO2)CC1. The highest BCUT2D eigenvalue weighted by Crippen LogP contribution is 2.20. The van der Waals surface area contributed by atoms with Crippen LogP contribution in [0.25, 0.3) is 0 Å². The molecule has 0 spiro atoms. The molecule has 1 N–H and O–H groups in total. The van der Waals surface area contributed by atoms with Crippen LogP contribution in [-0.4, -0.2) is 72.7 Å². The maximum atomic E-state index is 13.0. The average molecular weight is 332 g/mol. The molecule has 0 bridgehead atoms. The lowest BCUT2D eigenvalue weighted by molar-refractivity contribution is -0.138. The number of nitrogens with zero attached hydrogens (tertiary/aromatic N) is 3. The minimum Gasteiger partial charge on any atom is -0.375 e. The Kier molecular flexibility index (Phi) is 6.18. The molecule has 3 rings (SSSR count). The van der Waals surface area contributed by atoms with Crippen molar-refractivity contribution in [2.45, 2.75) is 38.0 Å². The maximum Gasteiger partial charge on any atom is 0.225 e. The number of hydrogen-bond acceptors (Lipinski definition) is 5. The first kappa shape index (κ1) is 17.3. The Bertz CT molecular complexity index is 511. The van der Waals surface area contributed by atoms with E-state index in [1.54, 1.807) is 12.4 Å². The van der Waals surface area contributed by atoms with Gasteiger partial charge < -0.3 is 19.9 Å². The van der Waals surface area contributed by atoms with Crippen molar-refractivity contribution in [2.75, 3.05) is 39.8 Å². The Morgan fingerprint density at radius 3 is 2.79 bits per heavy atom. The van der Waals surface area contributed by atoms with Crippen molar-refractivity contribution in [2.24, 2.45) is 0 Å². The van der Waals surface area contributed by atoms with E-state index in [1.807, 2.05) is 12.1 Å². The van der Waals surface area contributed by atoms with Crippen LogP contribution < -0.4 is 5.32 Å². The number of carbonyl (C=O) groups is 1. The average Bonchev–Trinajstić information content (AvgIpc) is 2.62. The van der Waals surface area contributed by atoms with Gasteiger partial charge in [0.25, 0.3) is 0 Å². The summed E-state index contributed by atoms with van der Waals surface area (Å²) in [5.74, 6) is 0.204. The molecule has 0 aromatic carbocycles. The smallest absolute Gasteiger partial charge is 0.225 e. The fourth-order valence-corrected chi connectivity index (χ4v) is 3.48. The first-order chi connectivity index (χ1) is 11.7. The zero-order valence-electron chi connectivity index (χ0n) is 14.5. The molecule has 1 atom stereocenters. The summed E-state index contributed by atoms with van der Waals surface area (Å²) in [6.45, 7) is 5.09. The van der Waals surface area contributed by atoms with Crippen molar-refractivity contribution in [1.29, 1.82) is 0 Å². The second-order valence-corrected chi connectivity index (χ2v) is 6.81. The number of aromatic nitrogens is 1. The van der Waals surface area contributed by atoms with Gasteiger partial charge in [0.15, 0.2) is 0 Å². The summed E-state index contributed by atoms with van der Waals surface area (Å²) in [5.41, 5.74) is 1.14. The quantitative estimate of drug-likeness (QED) is 0.868. The molecule has 132 valence electrons. The molecular weight excluding hydrogens is 304 g/mol. The molecule has 2 aliphatic rings. The molecule has 0 saturated carbocycles. The lowest BCUT2D eigenvalue weighted by Gasteiger charge is -2.38. The molecule has 1 aromatic heterocycles. The Labute approximate surface area is 144 Å². The number of rotatable bonds is 5. The molecule has 6 nitrogen and oxygen atoms in total. The van der Waals surface area contributed by atoms with Crippen LogP contribution in [0.2, 0.25) is 0 Å². The first-order valence-corrected chi connectivity index (χ1v) is 8.91. The Morgan fingerprint density at radius 1 is 1.38 bits per heavy atom. The fourth-order valence-electron chi connectivity index (χ4n) is 3.48. The van der Waals surface area contributed by atoms with E-state index < -0.39 is 0 Å². The van der Waals surface area contributed by atoms with E-state index in [0.29, 0.717) is 25.6 Å². The van der Waals surface area contributed by atoms with E-state index in [2.05, 4.69) is 27.1 Å². The summed E-state index contributed by atoms with van der Waals surface area (Å²) in [7, 11) is 2.15. The second-order valence-electron chi connectivity index (χ2n) is 6.81. The van der Waals surface area contributed by atoms with E-state index >= 15 is 0 Å². The van der Waals surface area contributed by atoms with Crippen LogP contribution in [0, 0.1) is 0 Å². The largest absolute Gasteiger partial charge is 0.375 e. The predicted octanol–water partition coefficient (Wildman–Crippen LogP) is 0.883. The number of amides is 1. The van der Waals surface area contributed by atoms with Gasteiger partial charge in [0.2, 0.25) is 5.91 Å². The number of nitrogens with one attached hydrogen (secondary N) is 1. The minimum atomic E-state index is -0.00236. The van der Waals surface area contributed by atoms with Crippen LogP contribution >= 0.6 is 0 Å². The van der Waals surface area contributed by atoms with Crippen molar-refractivity contribution in [1.82, 2.24) is 20.1 Å². The first-order valence-electron chi connectivity index (χ1n) is 8.91. The van der Waals surface area contributed by atoms with Gasteiger partial charge >= 0.3 is 0 Å². The van der Waals surface area contributed by atoms with Crippen molar-refractivity contribution >= 4 is 5.91 Å². The van der Waals surface area contributed by atoms with Crippen molar-refractivity contribution in [3.63, 3.8) is 0 Å². The van der Waals surface area contributed by atoms with Gasteiger partial charge in [0.1, 0.15) is 0 Å². The van der Waals surface area contributed by atoms with Crippen LogP contribution in [0.4, 0.5) is 0 Å². The third kappa shape index (κ3) is 4.75. The summed E-state index contributed by atoms with van der Waals surface area (Å²) >= 11 is 0. The molecule has 1 aromatic rings. The lowest BCUT2D eigenvalue weighted by Crippen LogP contribution is -2.48.